The second-order valence-electron chi connectivity index (χ2n) is 9.82. The highest BCUT2D eigenvalue weighted by Gasteiger charge is 2.33. The Labute approximate surface area is 230 Å². The molecule has 204 valence electrons. The summed E-state index contributed by atoms with van der Waals surface area (Å²) in [6.45, 7) is 5.96. The van der Waals surface area contributed by atoms with Crippen LogP contribution in [0.5, 0.6) is 0 Å². The molecule has 2 unspecified atom stereocenters. The van der Waals surface area contributed by atoms with Gasteiger partial charge in [0.1, 0.15) is 19.2 Å². The van der Waals surface area contributed by atoms with Crippen LogP contribution in [0.15, 0.2) is 78.9 Å². The average molecular weight is 529 g/mol. The maximum Gasteiger partial charge on any atom is 0.407 e. The van der Waals surface area contributed by atoms with Crippen molar-refractivity contribution in [3.63, 3.8) is 0 Å². The van der Waals surface area contributed by atoms with E-state index in [9.17, 15) is 14.4 Å². The fourth-order valence-corrected chi connectivity index (χ4v) is 5.02. The average Bonchev–Trinajstić information content (AvgIpc) is 3.28. The molecule has 7 heteroatoms. The number of esters is 1. The second kappa shape index (κ2) is 13.1. The molecule has 39 heavy (non-hydrogen) atoms. The number of rotatable bonds is 11. The molecule has 0 fully saturated rings. The Balaban J connectivity index is 1.48. The highest BCUT2D eigenvalue weighted by Crippen LogP contribution is 2.44. The van der Waals surface area contributed by atoms with Crippen molar-refractivity contribution in [2.75, 3.05) is 19.8 Å². The topological polar surface area (TPSA) is 84.9 Å². The first-order chi connectivity index (χ1) is 18.9. The smallest absolute Gasteiger partial charge is 0.407 e. The van der Waals surface area contributed by atoms with Crippen LogP contribution in [0.4, 0.5) is 4.79 Å². The second-order valence-corrected chi connectivity index (χ2v) is 9.82. The standard InChI is InChI=1S/C32H36N2O5/c1-4-22(3)30(31(36)34(20-29(35)38-5-2)19-23-13-7-6-8-14-23)33-32(37)39-21-28-26-17-11-9-15-24(26)25-16-10-12-18-27(25)28/h6-18,22,28,30H,4-5,19-21H2,1-3H3,(H,33,37). The van der Waals surface area contributed by atoms with Gasteiger partial charge in [0.05, 0.1) is 6.61 Å². The lowest BCUT2D eigenvalue weighted by Crippen LogP contribution is -2.52. The Bertz CT molecular complexity index is 1250. The minimum Gasteiger partial charge on any atom is -0.465 e. The van der Waals surface area contributed by atoms with Crippen LogP contribution < -0.4 is 5.32 Å². The zero-order valence-corrected chi connectivity index (χ0v) is 22.8. The third kappa shape index (κ3) is 6.66. The van der Waals surface area contributed by atoms with Crippen molar-refractivity contribution in [1.29, 1.82) is 0 Å². The van der Waals surface area contributed by atoms with E-state index in [2.05, 4.69) is 29.6 Å². The van der Waals surface area contributed by atoms with E-state index >= 15 is 0 Å². The largest absolute Gasteiger partial charge is 0.465 e. The van der Waals surface area contributed by atoms with E-state index in [4.69, 9.17) is 9.47 Å². The summed E-state index contributed by atoms with van der Waals surface area (Å²) in [5.41, 5.74) is 5.39. The summed E-state index contributed by atoms with van der Waals surface area (Å²) in [4.78, 5) is 40.6. The molecule has 0 bridgehead atoms. The van der Waals surface area contributed by atoms with Gasteiger partial charge in [-0.3, -0.25) is 9.59 Å². The fourth-order valence-electron chi connectivity index (χ4n) is 5.02. The van der Waals surface area contributed by atoms with Crippen LogP contribution in [-0.4, -0.2) is 48.7 Å². The number of benzene rings is 3. The molecule has 0 spiro atoms. The minimum atomic E-state index is -0.858. The van der Waals surface area contributed by atoms with Crippen molar-refractivity contribution >= 4 is 18.0 Å². The molecular weight excluding hydrogens is 492 g/mol. The van der Waals surface area contributed by atoms with E-state index in [1.54, 1.807) is 6.92 Å². The van der Waals surface area contributed by atoms with Crippen LogP contribution in [0.3, 0.4) is 0 Å². The summed E-state index contributed by atoms with van der Waals surface area (Å²) in [5, 5.41) is 2.81. The van der Waals surface area contributed by atoms with Gasteiger partial charge in [-0.1, -0.05) is 99.1 Å². The first kappa shape index (κ1) is 27.9. The van der Waals surface area contributed by atoms with Crippen LogP contribution in [0.1, 0.15) is 49.8 Å². The highest BCUT2D eigenvalue weighted by molar-refractivity contribution is 5.88. The van der Waals surface area contributed by atoms with Crippen LogP contribution in [0.25, 0.3) is 11.1 Å². The lowest BCUT2D eigenvalue weighted by atomic mass is 9.97. The molecular formula is C32H36N2O5. The van der Waals surface area contributed by atoms with Crippen molar-refractivity contribution in [3.8, 4) is 11.1 Å². The number of nitrogens with one attached hydrogen (secondary N) is 1. The van der Waals surface area contributed by atoms with Crippen molar-refractivity contribution in [2.24, 2.45) is 5.92 Å². The maximum atomic E-state index is 13.8. The third-order valence-corrected chi connectivity index (χ3v) is 7.25. The highest BCUT2D eigenvalue weighted by atomic mass is 16.5. The van der Waals surface area contributed by atoms with Gasteiger partial charge in [0.25, 0.3) is 0 Å². The number of alkyl carbamates (subject to hydrolysis) is 1. The van der Waals surface area contributed by atoms with Gasteiger partial charge in [-0.2, -0.15) is 0 Å². The minimum absolute atomic E-state index is 0.0840. The molecule has 3 aromatic rings. The van der Waals surface area contributed by atoms with Gasteiger partial charge in [-0.15, -0.1) is 0 Å². The van der Waals surface area contributed by atoms with Gasteiger partial charge in [0, 0.05) is 12.5 Å². The molecule has 2 amide bonds. The van der Waals surface area contributed by atoms with Gasteiger partial charge < -0.3 is 19.7 Å². The SMILES string of the molecule is CCOC(=O)CN(Cc1ccccc1)C(=O)C(NC(=O)OCC1c2ccccc2-c2ccccc21)C(C)CC. The van der Waals surface area contributed by atoms with Crippen LogP contribution in [-0.2, 0) is 25.6 Å². The monoisotopic (exact) mass is 528 g/mol. The van der Waals surface area contributed by atoms with Gasteiger partial charge in [-0.05, 0) is 40.7 Å². The van der Waals surface area contributed by atoms with Crippen molar-refractivity contribution in [3.05, 3.63) is 95.6 Å². The number of amides is 2. The molecule has 3 aromatic carbocycles. The van der Waals surface area contributed by atoms with Gasteiger partial charge in [0.2, 0.25) is 5.91 Å². The van der Waals surface area contributed by atoms with Gasteiger partial charge >= 0.3 is 12.1 Å². The van der Waals surface area contributed by atoms with Crippen molar-refractivity contribution < 1.29 is 23.9 Å². The normalized spacial score (nSPS) is 13.5. The molecule has 4 rings (SSSR count). The summed E-state index contributed by atoms with van der Waals surface area (Å²) in [7, 11) is 0. The molecule has 0 saturated heterocycles. The first-order valence-corrected chi connectivity index (χ1v) is 13.5. The first-order valence-electron chi connectivity index (χ1n) is 13.5. The third-order valence-electron chi connectivity index (χ3n) is 7.25. The van der Waals surface area contributed by atoms with Crippen molar-refractivity contribution in [1.82, 2.24) is 10.2 Å². The summed E-state index contributed by atoms with van der Waals surface area (Å²) < 4.78 is 10.8. The summed E-state index contributed by atoms with van der Waals surface area (Å²) >= 11 is 0. The summed E-state index contributed by atoms with van der Waals surface area (Å²) in [5.74, 6) is -1.11. The number of hydrogen-bond acceptors (Lipinski definition) is 5. The van der Waals surface area contributed by atoms with Crippen LogP contribution in [0.2, 0.25) is 0 Å². The number of nitrogens with zero attached hydrogens (tertiary/aromatic N) is 1. The van der Waals surface area contributed by atoms with E-state index in [-0.39, 0.29) is 44.0 Å². The number of ether oxygens (including phenoxy) is 2. The quantitative estimate of drug-likeness (QED) is 0.331. The number of fused-ring (bicyclic) bond motifs is 3. The molecule has 2 atom stereocenters. The van der Waals surface area contributed by atoms with E-state index in [1.165, 1.54) is 4.90 Å². The van der Waals surface area contributed by atoms with Crippen molar-refractivity contribution in [2.45, 2.75) is 45.7 Å². The Kier molecular flexibility index (Phi) is 9.36. The zero-order chi connectivity index (χ0) is 27.8. The number of hydrogen-bond donors (Lipinski definition) is 1. The lowest BCUT2D eigenvalue weighted by molar-refractivity contribution is -0.150. The Hall–Kier alpha value is -4.13. The number of carbonyl (C=O) groups is 3. The van der Waals surface area contributed by atoms with E-state index < -0.39 is 18.1 Å². The number of carbonyl (C=O) groups excluding carboxylic acids is 3. The maximum absolute atomic E-state index is 13.8. The molecule has 0 radical (unpaired) electrons. The zero-order valence-electron chi connectivity index (χ0n) is 22.8. The predicted molar refractivity (Wildman–Crippen MR) is 150 cm³/mol. The molecule has 0 aliphatic heterocycles. The molecule has 1 N–H and O–H groups in total. The molecule has 1 aliphatic rings. The molecule has 0 heterocycles. The molecule has 0 aromatic heterocycles. The van der Waals surface area contributed by atoms with Crippen LogP contribution in [0, 0.1) is 5.92 Å². The fraction of sp³-hybridized carbons (Fsp3) is 0.344. The van der Waals surface area contributed by atoms with Crippen LogP contribution >= 0.6 is 0 Å². The predicted octanol–water partition coefficient (Wildman–Crippen LogP) is 5.53. The van der Waals surface area contributed by atoms with E-state index in [0.717, 1.165) is 27.8 Å². The molecule has 7 nitrogen and oxygen atoms in total. The lowest BCUT2D eigenvalue weighted by Gasteiger charge is -2.30. The van der Waals surface area contributed by atoms with E-state index in [1.807, 2.05) is 68.4 Å². The molecule has 1 aliphatic carbocycles. The summed E-state index contributed by atoms with van der Waals surface area (Å²) in [6, 6.07) is 24.8. The Morgan fingerprint density at radius 2 is 1.44 bits per heavy atom. The van der Waals surface area contributed by atoms with E-state index in [0.29, 0.717) is 6.42 Å². The van der Waals surface area contributed by atoms with Gasteiger partial charge in [-0.25, -0.2) is 4.79 Å². The molecule has 0 saturated carbocycles. The Morgan fingerprint density at radius 3 is 2.03 bits per heavy atom. The summed E-state index contributed by atoms with van der Waals surface area (Å²) in [6.07, 6.45) is -0.00939. The van der Waals surface area contributed by atoms with Gasteiger partial charge in [0.15, 0.2) is 0 Å². The Morgan fingerprint density at radius 1 is 0.846 bits per heavy atom.